The van der Waals surface area contributed by atoms with E-state index in [-0.39, 0.29) is 23.5 Å². The van der Waals surface area contributed by atoms with Gasteiger partial charge in [-0.25, -0.2) is 4.39 Å². The molecule has 0 aliphatic carbocycles. The molecule has 218 valence electrons. The molecule has 3 rings (SSSR count). The van der Waals surface area contributed by atoms with Gasteiger partial charge in [0.05, 0.1) is 0 Å². The summed E-state index contributed by atoms with van der Waals surface area (Å²) in [5.41, 5.74) is 8.95. The first-order valence-corrected chi connectivity index (χ1v) is 14.3. The summed E-state index contributed by atoms with van der Waals surface area (Å²) in [4.78, 5) is 41.2. The van der Waals surface area contributed by atoms with Gasteiger partial charge in [0.2, 0.25) is 5.91 Å². The normalized spacial score (nSPS) is 13.1. The Bertz CT molecular complexity index is 1280. The predicted molar refractivity (Wildman–Crippen MR) is 161 cm³/mol. The maximum absolute atomic E-state index is 13.4. The Labute approximate surface area is 242 Å². The van der Waals surface area contributed by atoms with Crippen LogP contribution in [0, 0.1) is 11.7 Å². The zero-order chi connectivity index (χ0) is 29.8. The Hall–Kier alpha value is -4.04. The van der Waals surface area contributed by atoms with E-state index >= 15 is 0 Å². The van der Waals surface area contributed by atoms with Crippen molar-refractivity contribution in [3.05, 3.63) is 101 Å². The van der Waals surface area contributed by atoms with E-state index in [9.17, 15) is 18.8 Å². The van der Waals surface area contributed by atoms with Crippen molar-refractivity contribution >= 4 is 23.4 Å². The van der Waals surface area contributed by atoms with E-state index in [1.165, 1.54) is 24.3 Å². The van der Waals surface area contributed by atoms with Crippen LogP contribution in [0.3, 0.4) is 0 Å². The second-order valence-electron chi connectivity index (χ2n) is 10.4. The van der Waals surface area contributed by atoms with Crippen molar-refractivity contribution < 1.29 is 18.8 Å². The number of nitrogens with one attached hydrogen (secondary N) is 2. The number of anilines is 1. The lowest BCUT2D eigenvalue weighted by atomic mass is 9.92. The summed E-state index contributed by atoms with van der Waals surface area (Å²) in [5, 5.41) is 5.85. The number of nitrogens with two attached hydrogens (primary N) is 1. The average Bonchev–Trinajstić information content (AvgIpc) is 2.98. The van der Waals surface area contributed by atoms with Gasteiger partial charge in [-0.3, -0.25) is 14.4 Å². The average molecular weight is 561 g/mol. The van der Waals surface area contributed by atoms with E-state index in [1.54, 1.807) is 31.2 Å². The van der Waals surface area contributed by atoms with E-state index in [4.69, 9.17) is 5.73 Å². The first kappa shape index (κ1) is 31.5. The molecular formula is C33H41FN4O3. The molecule has 8 heteroatoms. The van der Waals surface area contributed by atoms with Crippen LogP contribution in [0.15, 0.2) is 78.9 Å². The smallest absolute Gasteiger partial charge is 0.253 e. The zero-order valence-electron chi connectivity index (χ0n) is 24.1. The topological polar surface area (TPSA) is 105 Å². The molecule has 41 heavy (non-hydrogen) atoms. The molecule has 0 bridgehead atoms. The number of benzene rings is 3. The van der Waals surface area contributed by atoms with E-state index in [0.717, 1.165) is 18.4 Å². The quantitative estimate of drug-likeness (QED) is 0.245. The third kappa shape index (κ3) is 9.53. The summed E-state index contributed by atoms with van der Waals surface area (Å²) in [6.07, 6.45) is 2.49. The molecule has 3 atom stereocenters. The first-order valence-electron chi connectivity index (χ1n) is 14.3. The molecule has 0 saturated carbocycles. The second-order valence-corrected chi connectivity index (χ2v) is 10.4. The molecule has 7 nitrogen and oxygen atoms in total. The number of nitrogens with zero attached hydrogens (tertiary/aromatic N) is 1. The van der Waals surface area contributed by atoms with Crippen LogP contribution in [0.2, 0.25) is 0 Å². The minimum Gasteiger partial charge on any atom is -0.347 e. The number of carbonyl (C=O) groups excluding carboxylic acids is 3. The maximum Gasteiger partial charge on any atom is 0.253 e. The van der Waals surface area contributed by atoms with Crippen LogP contribution in [0.1, 0.15) is 66.3 Å². The van der Waals surface area contributed by atoms with Crippen LogP contribution in [0.5, 0.6) is 0 Å². The van der Waals surface area contributed by atoms with Gasteiger partial charge >= 0.3 is 0 Å². The van der Waals surface area contributed by atoms with Gasteiger partial charge in [-0.2, -0.15) is 0 Å². The van der Waals surface area contributed by atoms with Crippen molar-refractivity contribution in [1.29, 1.82) is 0 Å². The fourth-order valence-electron chi connectivity index (χ4n) is 4.74. The third-order valence-electron chi connectivity index (χ3n) is 6.96. The largest absolute Gasteiger partial charge is 0.347 e. The van der Waals surface area contributed by atoms with Crippen LogP contribution in [-0.4, -0.2) is 47.8 Å². The van der Waals surface area contributed by atoms with Crippen molar-refractivity contribution in [2.45, 2.75) is 58.5 Å². The van der Waals surface area contributed by atoms with Gasteiger partial charge in [-0.05, 0) is 73.7 Å². The van der Waals surface area contributed by atoms with Gasteiger partial charge in [0, 0.05) is 47.9 Å². The summed E-state index contributed by atoms with van der Waals surface area (Å²) >= 11 is 0. The van der Waals surface area contributed by atoms with Crippen LogP contribution < -0.4 is 16.4 Å². The molecule has 0 heterocycles. The van der Waals surface area contributed by atoms with Crippen LogP contribution in [0.25, 0.3) is 0 Å². The highest BCUT2D eigenvalue weighted by Crippen LogP contribution is 2.17. The Morgan fingerprint density at radius 1 is 0.878 bits per heavy atom. The van der Waals surface area contributed by atoms with Crippen LogP contribution in [0.4, 0.5) is 10.1 Å². The van der Waals surface area contributed by atoms with Crippen molar-refractivity contribution in [1.82, 2.24) is 10.2 Å². The lowest BCUT2D eigenvalue weighted by Gasteiger charge is -2.27. The Balaban J connectivity index is 1.74. The fourth-order valence-corrected chi connectivity index (χ4v) is 4.74. The van der Waals surface area contributed by atoms with Crippen molar-refractivity contribution in [2.75, 3.05) is 18.4 Å². The summed E-state index contributed by atoms with van der Waals surface area (Å²) in [6.45, 7) is 7.15. The SMILES string of the molecule is CCCN(CCC)C(=O)c1cccc(C(=O)NC(Cc2ccccc2)C(N)CC(C)C(=O)Nc2ccc(F)cc2)c1. The highest BCUT2D eigenvalue weighted by Gasteiger charge is 2.26. The Morgan fingerprint density at radius 3 is 2.15 bits per heavy atom. The van der Waals surface area contributed by atoms with Crippen LogP contribution >= 0.6 is 0 Å². The summed E-state index contributed by atoms with van der Waals surface area (Å²) in [6, 6.07) is 21.0. The molecule has 0 radical (unpaired) electrons. The van der Waals surface area contributed by atoms with Crippen molar-refractivity contribution in [3.63, 3.8) is 0 Å². The maximum atomic E-state index is 13.4. The number of hydrogen-bond donors (Lipinski definition) is 3. The predicted octanol–water partition coefficient (Wildman–Crippen LogP) is 5.42. The lowest BCUT2D eigenvalue weighted by molar-refractivity contribution is -0.119. The van der Waals surface area contributed by atoms with Gasteiger partial charge in [0.1, 0.15) is 5.82 Å². The minimum absolute atomic E-state index is 0.0955. The van der Waals surface area contributed by atoms with Gasteiger partial charge in [0.25, 0.3) is 11.8 Å². The standard InChI is InChI=1S/C33H41FN4O3/c1-4-18-38(19-5-2)33(41)26-13-9-12-25(22-26)32(40)37-30(21-24-10-7-6-8-11-24)29(35)20-23(3)31(39)36-28-16-14-27(34)15-17-28/h6-17,22-23,29-30H,4-5,18-21,35H2,1-3H3,(H,36,39)(H,37,40). The highest BCUT2D eigenvalue weighted by molar-refractivity contribution is 5.99. The molecule has 3 aromatic carbocycles. The molecule has 0 saturated heterocycles. The molecule has 0 aromatic heterocycles. The molecular weight excluding hydrogens is 519 g/mol. The number of carbonyl (C=O) groups is 3. The van der Waals surface area contributed by atoms with Gasteiger partial charge in [-0.15, -0.1) is 0 Å². The van der Waals surface area contributed by atoms with E-state index in [0.29, 0.717) is 42.7 Å². The van der Waals surface area contributed by atoms with Crippen LogP contribution in [-0.2, 0) is 11.2 Å². The number of rotatable bonds is 14. The third-order valence-corrected chi connectivity index (χ3v) is 6.96. The van der Waals surface area contributed by atoms with Crippen molar-refractivity contribution in [2.24, 2.45) is 11.7 Å². The number of halogens is 1. The molecule has 0 aliphatic heterocycles. The number of amides is 3. The van der Waals surface area contributed by atoms with Gasteiger partial charge < -0.3 is 21.3 Å². The molecule has 0 aliphatic rings. The molecule has 4 N–H and O–H groups in total. The molecule has 3 aromatic rings. The zero-order valence-corrected chi connectivity index (χ0v) is 24.1. The monoisotopic (exact) mass is 560 g/mol. The lowest BCUT2D eigenvalue weighted by Crippen LogP contribution is -2.50. The Morgan fingerprint density at radius 2 is 1.51 bits per heavy atom. The molecule has 3 unspecified atom stereocenters. The van der Waals surface area contributed by atoms with E-state index < -0.39 is 18.0 Å². The second kappa shape index (κ2) is 15.7. The molecule has 0 fully saturated rings. The highest BCUT2D eigenvalue weighted by atomic mass is 19.1. The molecule has 0 spiro atoms. The van der Waals surface area contributed by atoms with E-state index in [2.05, 4.69) is 10.6 Å². The summed E-state index contributed by atoms with van der Waals surface area (Å²) in [7, 11) is 0. The van der Waals surface area contributed by atoms with E-state index in [1.807, 2.05) is 49.1 Å². The number of hydrogen-bond acceptors (Lipinski definition) is 4. The first-order chi connectivity index (χ1) is 19.7. The molecule has 3 amide bonds. The fraction of sp³-hybridized carbons (Fsp3) is 0.364. The van der Waals surface area contributed by atoms with Crippen molar-refractivity contribution in [3.8, 4) is 0 Å². The summed E-state index contributed by atoms with van der Waals surface area (Å²) in [5.74, 6) is -1.52. The summed E-state index contributed by atoms with van der Waals surface area (Å²) < 4.78 is 13.2. The van der Waals surface area contributed by atoms with Gasteiger partial charge in [-0.1, -0.05) is 57.2 Å². The minimum atomic E-state index is -0.539. The Kier molecular flexibility index (Phi) is 12.0. The van der Waals surface area contributed by atoms with Gasteiger partial charge in [0.15, 0.2) is 0 Å².